The number of sulfone groups is 1. The Morgan fingerprint density at radius 3 is 2.43 bits per heavy atom. The number of carbonyl (C=O) groups is 2. The molecule has 0 aromatic heterocycles. The summed E-state index contributed by atoms with van der Waals surface area (Å²) in [5, 5.41) is 2.33. The van der Waals surface area contributed by atoms with Gasteiger partial charge in [-0.2, -0.15) is 0 Å². The molecule has 11 heteroatoms. The van der Waals surface area contributed by atoms with Gasteiger partial charge in [0.2, 0.25) is 0 Å². The normalized spacial score (nSPS) is 11.6. The van der Waals surface area contributed by atoms with Crippen LogP contribution in [0, 0.1) is 0 Å². The van der Waals surface area contributed by atoms with Gasteiger partial charge in [0.15, 0.2) is 16.4 Å². The average Bonchev–Trinajstić information content (AvgIpc) is 2.63. The molecular formula is C19H18F3NO6S. The van der Waals surface area contributed by atoms with E-state index in [0.29, 0.717) is 5.56 Å². The second-order valence-electron chi connectivity index (χ2n) is 6.28. The molecule has 2 aromatic rings. The molecule has 0 heterocycles. The number of ether oxygens (including phenoxy) is 2. The largest absolute Gasteiger partial charge is 0.573 e. The highest BCUT2D eigenvalue weighted by Gasteiger charge is 2.32. The predicted molar refractivity (Wildman–Crippen MR) is 100 cm³/mol. The van der Waals surface area contributed by atoms with Gasteiger partial charge in [-0.25, -0.2) is 13.2 Å². The topological polar surface area (TPSA) is 98.8 Å². The Hall–Kier alpha value is -3.08. The summed E-state index contributed by atoms with van der Waals surface area (Å²) < 4.78 is 68.7. The highest BCUT2D eigenvalue weighted by molar-refractivity contribution is 7.89. The molecule has 7 nitrogen and oxygen atoms in total. The number of halogens is 3. The Labute approximate surface area is 170 Å². The van der Waals surface area contributed by atoms with Gasteiger partial charge in [0.05, 0.1) is 11.3 Å². The van der Waals surface area contributed by atoms with Gasteiger partial charge >= 0.3 is 12.3 Å². The third kappa shape index (κ3) is 8.11. The van der Waals surface area contributed by atoms with Crippen LogP contribution in [0.3, 0.4) is 0 Å². The fourth-order valence-electron chi connectivity index (χ4n) is 2.42. The van der Waals surface area contributed by atoms with Crippen molar-refractivity contribution in [2.75, 3.05) is 12.9 Å². The minimum absolute atomic E-state index is 0.0628. The first-order valence-electron chi connectivity index (χ1n) is 8.47. The van der Waals surface area contributed by atoms with E-state index in [2.05, 4.69) is 10.1 Å². The number of hydrogen-bond acceptors (Lipinski definition) is 6. The summed E-state index contributed by atoms with van der Waals surface area (Å²) in [6, 6.07) is 11.0. The molecule has 1 N–H and O–H groups in total. The highest BCUT2D eigenvalue weighted by Crippen LogP contribution is 2.26. The van der Waals surface area contributed by atoms with Gasteiger partial charge in [-0.15, -0.1) is 13.2 Å². The Bertz CT molecular complexity index is 1020. The van der Waals surface area contributed by atoms with Crippen molar-refractivity contribution in [1.82, 2.24) is 5.32 Å². The van der Waals surface area contributed by atoms with Crippen LogP contribution in [-0.2, 0) is 31.7 Å². The van der Waals surface area contributed by atoms with E-state index in [4.69, 9.17) is 4.74 Å². The van der Waals surface area contributed by atoms with Gasteiger partial charge in [0, 0.05) is 18.4 Å². The molecule has 0 unspecified atom stereocenters. The number of esters is 1. The molecule has 0 saturated carbocycles. The predicted octanol–water partition coefficient (Wildman–Crippen LogP) is 2.60. The molecule has 162 valence electrons. The fourth-order valence-corrected chi connectivity index (χ4v) is 3.21. The van der Waals surface area contributed by atoms with Crippen LogP contribution in [0.2, 0.25) is 0 Å². The van der Waals surface area contributed by atoms with Gasteiger partial charge < -0.3 is 14.8 Å². The monoisotopic (exact) mass is 445 g/mol. The first-order chi connectivity index (χ1) is 13.9. The van der Waals surface area contributed by atoms with Crippen molar-refractivity contribution in [3.8, 4) is 5.75 Å². The number of rotatable bonds is 8. The van der Waals surface area contributed by atoms with Crippen LogP contribution in [-0.4, -0.2) is 39.5 Å². The molecule has 0 radical (unpaired) electrons. The summed E-state index contributed by atoms with van der Waals surface area (Å²) >= 11 is 0. The van der Waals surface area contributed by atoms with E-state index in [0.717, 1.165) is 12.3 Å². The van der Waals surface area contributed by atoms with E-state index in [-0.39, 0.29) is 23.4 Å². The third-order valence-electron chi connectivity index (χ3n) is 3.60. The SMILES string of the molecule is CS(=O)(=O)Cc1cccc(C(=O)OCC(=O)NCc2ccccc2OC(F)(F)F)c1. The molecule has 0 fully saturated rings. The Morgan fingerprint density at radius 2 is 1.77 bits per heavy atom. The minimum Gasteiger partial charge on any atom is -0.452 e. The lowest BCUT2D eigenvalue weighted by Gasteiger charge is -2.13. The Balaban J connectivity index is 1.90. The lowest BCUT2D eigenvalue weighted by molar-refractivity contribution is -0.274. The van der Waals surface area contributed by atoms with Gasteiger partial charge in [0.25, 0.3) is 5.91 Å². The molecule has 2 rings (SSSR count). The summed E-state index contributed by atoms with van der Waals surface area (Å²) in [5.41, 5.74) is 0.536. The minimum atomic E-state index is -4.87. The van der Waals surface area contributed by atoms with Gasteiger partial charge in [-0.3, -0.25) is 4.79 Å². The van der Waals surface area contributed by atoms with Crippen LogP contribution in [0.1, 0.15) is 21.5 Å². The van der Waals surface area contributed by atoms with Crippen molar-refractivity contribution in [2.45, 2.75) is 18.7 Å². The fraction of sp³-hybridized carbons (Fsp3) is 0.263. The van der Waals surface area contributed by atoms with Crippen molar-refractivity contribution < 1.29 is 40.7 Å². The van der Waals surface area contributed by atoms with Gasteiger partial charge in [-0.05, 0) is 23.8 Å². The van der Waals surface area contributed by atoms with Crippen LogP contribution in [0.15, 0.2) is 48.5 Å². The number of amides is 1. The van der Waals surface area contributed by atoms with Crippen LogP contribution in [0.5, 0.6) is 5.75 Å². The number of nitrogens with one attached hydrogen (secondary N) is 1. The van der Waals surface area contributed by atoms with Crippen LogP contribution < -0.4 is 10.1 Å². The number of hydrogen-bond donors (Lipinski definition) is 1. The smallest absolute Gasteiger partial charge is 0.452 e. The number of para-hydroxylation sites is 1. The molecule has 0 aliphatic rings. The highest BCUT2D eigenvalue weighted by atomic mass is 32.2. The standard InChI is InChI=1S/C19H18F3NO6S/c1-30(26,27)12-13-5-4-7-14(9-13)18(25)28-11-17(24)23-10-15-6-2-3-8-16(15)29-19(20,21)22/h2-9H,10-12H2,1H3,(H,23,24). The van der Waals surface area contributed by atoms with E-state index in [1.54, 1.807) is 0 Å². The molecule has 0 aliphatic heterocycles. The molecular weight excluding hydrogens is 427 g/mol. The molecule has 1 amide bonds. The molecule has 0 atom stereocenters. The maximum atomic E-state index is 12.4. The zero-order chi connectivity index (χ0) is 22.4. The summed E-state index contributed by atoms with van der Waals surface area (Å²) in [7, 11) is -3.29. The summed E-state index contributed by atoms with van der Waals surface area (Å²) in [4.78, 5) is 23.9. The summed E-state index contributed by atoms with van der Waals surface area (Å²) in [6.45, 7) is -0.941. The third-order valence-corrected chi connectivity index (χ3v) is 4.46. The molecule has 0 bridgehead atoms. The zero-order valence-electron chi connectivity index (χ0n) is 15.7. The first kappa shape index (κ1) is 23.2. The van der Waals surface area contributed by atoms with Crippen LogP contribution in [0.4, 0.5) is 13.2 Å². The lowest BCUT2D eigenvalue weighted by atomic mass is 10.1. The second kappa shape index (κ2) is 9.61. The average molecular weight is 445 g/mol. The van der Waals surface area contributed by atoms with E-state index in [1.807, 2.05) is 0 Å². The quantitative estimate of drug-likeness (QED) is 0.628. The summed E-state index contributed by atoms with van der Waals surface area (Å²) in [6.07, 6.45) is -3.82. The lowest BCUT2D eigenvalue weighted by Crippen LogP contribution is -2.29. The van der Waals surface area contributed by atoms with Crippen LogP contribution >= 0.6 is 0 Å². The number of carbonyl (C=O) groups excluding carboxylic acids is 2. The number of benzene rings is 2. The molecule has 0 saturated heterocycles. The van der Waals surface area contributed by atoms with Crippen molar-refractivity contribution >= 4 is 21.7 Å². The Kier molecular flexibility index (Phi) is 7.43. The van der Waals surface area contributed by atoms with E-state index in [9.17, 15) is 31.2 Å². The van der Waals surface area contributed by atoms with E-state index >= 15 is 0 Å². The van der Waals surface area contributed by atoms with E-state index < -0.39 is 40.4 Å². The first-order valence-corrected chi connectivity index (χ1v) is 10.5. The van der Waals surface area contributed by atoms with Gasteiger partial charge in [-0.1, -0.05) is 30.3 Å². The van der Waals surface area contributed by atoms with Crippen molar-refractivity contribution in [3.63, 3.8) is 0 Å². The molecule has 0 spiro atoms. The van der Waals surface area contributed by atoms with Crippen molar-refractivity contribution in [3.05, 3.63) is 65.2 Å². The van der Waals surface area contributed by atoms with Crippen LogP contribution in [0.25, 0.3) is 0 Å². The van der Waals surface area contributed by atoms with Crippen molar-refractivity contribution in [1.29, 1.82) is 0 Å². The molecule has 0 aliphatic carbocycles. The van der Waals surface area contributed by atoms with Gasteiger partial charge in [0.1, 0.15) is 5.75 Å². The Morgan fingerprint density at radius 1 is 1.07 bits per heavy atom. The maximum absolute atomic E-state index is 12.4. The second-order valence-corrected chi connectivity index (χ2v) is 8.42. The molecule has 2 aromatic carbocycles. The number of alkyl halides is 3. The van der Waals surface area contributed by atoms with Crippen molar-refractivity contribution in [2.24, 2.45) is 0 Å². The summed E-state index contributed by atoms with van der Waals surface area (Å²) in [5.74, 6) is -2.29. The molecule has 30 heavy (non-hydrogen) atoms. The zero-order valence-corrected chi connectivity index (χ0v) is 16.5. The maximum Gasteiger partial charge on any atom is 0.573 e. The van der Waals surface area contributed by atoms with E-state index in [1.165, 1.54) is 42.5 Å².